The van der Waals surface area contributed by atoms with Crippen LogP contribution in [0.3, 0.4) is 0 Å². The maximum atomic E-state index is 4.22. The molecule has 33 heavy (non-hydrogen) atoms. The van der Waals surface area contributed by atoms with E-state index in [1.54, 1.807) is 11.1 Å². The van der Waals surface area contributed by atoms with Gasteiger partial charge in [-0.05, 0) is 103 Å². The third kappa shape index (κ3) is 6.17. The van der Waals surface area contributed by atoms with Gasteiger partial charge >= 0.3 is 0 Å². The molecule has 0 heteroatoms. The molecule has 174 valence electrons. The van der Waals surface area contributed by atoms with Crippen LogP contribution in [0.4, 0.5) is 0 Å². The maximum Gasteiger partial charge on any atom is -0.00669 e. The molecule has 1 unspecified atom stereocenters. The van der Waals surface area contributed by atoms with Crippen LogP contribution in [0.5, 0.6) is 0 Å². The smallest absolute Gasteiger partial charge is 0.00669 e. The van der Waals surface area contributed by atoms with Gasteiger partial charge in [-0.25, -0.2) is 0 Å². The molecule has 1 aliphatic carbocycles. The molecular weight excluding hydrogens is 396 g/mol. The van der Waals surface area contributed by atoms with E-state index >= 15 is 0 Å². The lowest BCUT2D eigenvalue weighted by atomic mass is 9.86. The first kappa shape index (κ1) is 23.8. The Bertz CT molecular complexity index is 1100. The second-order valence-corrected chi connectivity index (χ2v) is 10.5. The number of aryl methyl sites for hydroxylation is 5. The first-order chi connectivity index (χ1) is 16.0. The molecule has 0 nitrogen and oxygen atoms in total. The zero-order valence-electron chi connectivity index (χ0n) is 21.2. The lowest BCUT2D eigenvalue weighted by Gasteiger charge is -2.19. The van der Waals surface area contributed by atoms with Gasteiger partial charge in [0.25, 0.3) is 0 Å². The minimum Gasteiger partial charge on any atom is -0.0995 e. The first-order valence-electron chi connectivity index (χ1n) is 13.3. The zero-order valence-corrected chi connectivity index (χ0v) is 21.2. The molecule has 1 aliphatic rings. The molecule has 3 aromatic rings. The summed E-state index contributed by atoms with van der Waals surface area (Å²) in [6.07, 6.45) is 13.9. The molecular formula is C33H42. The average molecular weight is 439 g/mol. The molecule has 0 amide bonds. The van der Waals surface area contributed by atoms with Crippen LogP contribution in [0.2, 0.25) is 0 Å². The van der Waals surface area contributed by atoms with Crippen molar-refractivity contribution in [3.8, 4) is 0 Å². The number of allylic oxidation sites excluding steroid dienone is 1. The highest BCUT2D eigenvalue weighted by atomic mass is 14.2. The zero-order chi connectivity index (χ0) is 23.2. The summed E-state index contributed by atoms with van der Waals surface area (Å²) >= 11 is 0. The normalized spacial score (nSPS) is 14.5. The van der Waals surface area contributed by atoms with Crippen LogP contribution in [0, 0.1) is 19.8 Å². The number of fused-ring (bicyclic) bond motifs is 2. The van der Waals surface area contributed by atoms with Crippen LogP contribution in [0.25, 0.3) is 10.8 Å². The Morgan fingerprint density at radius 1 is 0.818 bits per heavy atom. The van der Waals surface area contributed by atoms with Crippen molar-refractivity contribution in [3.05, 3.63) is 94.1 Å². The van der Waals surface area contributed by atoms with Crippen molar-refractivity contribution in [2.75, 3.05) is 0 Å². The van der Waals surface area contributed by atoms with Crippen LogP contribution in [0.1, 0.15) is 85.3 Å². The Kier molecular flexibility index (Phi) is 8.07. The van der Waals surface area contributed by atoms with E-state index in [2.05, 4.69) is 75.9 Å². The molecule has 3 aromatic carbocycles. The predicted molar refractivity (Wildman–Crippen MR) is 145 cm³/mol. The summed E-state index contributed by atoms with van der Waals surface area (Å²) in [5.41, 5.74) is 10.4. The molecule has 0 aromatic heterocycles. The van der Waals surface area contributed by atoms with Crippen molar-refractivity contribution in [3.63, 3.8) is 0 Å². The second-order valence-electron chi connectivity index (χ2n) is 10.5. The summed E-state index contributed by atoms with van der Waals surface area (Å²) in [4.78, 5) is 0. The molecule has 0 saturated carbocycles. The Balaban J connectivity index is 1.24. The van der Waals surface area contributed by atoms with Gasteiger partial charge in [-0.1, -0.05) is 98.9 Å². The topological polar surface area (TPSA) is 0 Å². The van der Waals surface area contributed by atoms with Gasteiger partial charge in [-0.15, -0.1) is 0 Å². The van der Waals surface area contributed by atoms with Crippen LogP contribution in [-0.2, 0) is 25.7 Å². The van der Waals surface area contributed by atoms with Crippen molar-refractivity contribution in [1.82, 2.24) is 0 Å². The van der Waals surface area contributed by atoms with Crippen molar-refractivity contribution in [2.24, 2.45) is 5.92 Å². The molecule has 1 atom stereocenters. The molecule has 0 aliphatic heterocycles. The monoisotopic (exact) mass is 438 g/mol. The Morgan fingerprint density at radius 2 is 1.64 bits per heavy atom. The van der Waals surface area contributed by atoms with Crippen molar-refractivity contribution in [2.45, 2.75) is 91.4 Å². The minimum atomic E-state index is 0.873. The highest BCUT2D eigenvalue weighted by Crippen LogP contribution is 2.28. The predicted octanol–water partition coefficient (Wildman–Crippen LogP) is 9.26. The van der Waals surface area contributed by atoms with Crippen molar-refractivity contribution < 1.29 is 0 Å². The second kappa shape index (κ2) is 11.2. The number of hydrogen-bond acceptors (Lipinski definition) is 0. The highest BCUT2D eigenvalue weighted by Gasteiger charge is 2.13. The van der Waals surface area contributed by atoms with Gasteiger partial charge in [0.1, 0.15) is 0 Å². The number of hydrogen-bond donors (Lipinski definition) is 0. The summed E-state index contributed by atoms with van der Waals surface area (Å²) in [6.45, 7) is 11.1. The highest BCUT2D eigenvalue weighted by molar-refractivity contribution is 5.87. The molecule has 0 spiro atoms. The Morgan fingerprint density at radius 3 is 2.48 bits per heavy atom. The molecule has 0 saturated heterocycles. The van der Waals surface area contributed by atoms with E-state index in [4.69, 9.17) is 0 Å². The van der Waals surface area contributed by atoms with Gasteiger partial charge in [-0.3, -0.25) is 0 Å². The fraction of sp³-hybridized carbons (Fsp3) is 0.455. The van der Waals surface area contributed by atoms with E-state index < -0.39 is 0 Å². The lowest BCUT2D eigenvalue weighted by Crippen LogP contribution is -2.06. The summed E-state index contributed by atoms with van der Waals surface area (Å²) in [6, 6.07) is 18.7. The fourth-order valence-corrected chi connectivity index (χ4v) is 5.73. The van der Waals surface area contributed by atoms with E-state index in [1.807, 2.05) is 0 Å². The molecule has 0 fully saturated rings. The van der Waals surface area contributed by atoms with E-state index in [9.17, 15) is 0 Å². The number of benzene rings is 3. The Labute approximate surface area is 202 Å². The van der Waals surface area contributed by atoms with Gasteiger partial charge in [0.2, 0.25) is 0 Å². The number of unbranched alkanes of at least 4 members (excludes halogenated alkanes) is 1. The first-order valence-corrected chi connectivity index (χ1v) is 13.3. The summed E-state index contributed by atoms with van der Waals surface area (Å²) in [5.74, 6) is 0.873. The van der Waals surface area contributed by atoms with Gasteiger partial charge in [0.15, 0.2) is 0 Å². The average Bonchev–Trinajstić information content (AvgIpc) is 2.81. The molecule has 0 heterocycles. The fourth-order valence-electron chi connectivity index (χ4n) is 5.73. The van der Waals surface area contributed by atoms with Gasteiger partial charge in [0.05, 0.1) is 0 Å². The largest absolute Gasteiger partial charge is 0.0995 e. The minimum absolute atomic E-state index is 0.873. The third-order valence-corrected chi connectivity index (χ3v) is 7.93. The Hall–Kier alpha value is -2.34. The third-order valence-electron chi connectivity index (χ3n) is 7.93. The molecule has 0 bridgehead atoms. The van der Waals surface area contributed by atoms with E-state index in [1.165, 1.54) is 103 Å². The summed E-state index contributed by atoms with van der Waals surface area (Å²) < 4.78 is 0. The molecule has 0 N–H and O–H groups in total. The standard InChI is InChI=1S/C33H42/c1-5-27(10-8-11-28-16-20-29-17-13-24(2)21-31(29)23-28)9-6-7-12-32-26(4)15-19-30-18-14-25(3)22-33(30)32/h14-16,18-20,22-23,27H,2,5-13,17,21H2,1,3-4H3. The van der Waals surface area contributed by atoms with Gasteiger partial charge in [0, 0.05) is 0 Å². The molecule has 4 rings (SSSR count). The number of rotatable bonds is 10. The van der Waals surface area contributed by atoms with Crippen LogP contribution in [-0.4, -0.2) is 0 Å². The quantitative estimate of drug-likeness (QED) is 0.218. The van der Waals surface area contributed by atoms with Crippen molar-refractivity contribution in [1.29, 1.82) is 0 Å². The summed E-state index contributed by atoms with van der Waals surface area (Å²) in [7, 11) is 0. The lowest BCUT2D eigenvalue weighted by molar-refractivity contribution is 0.406. The van der Waals surface area contributed by atoms with E-state index in [-0.39, 0.29) is 0 Å². The van der Waals surface area contributed by atoms with E-state index in [0.717, 1.165) is 12.3 Å². The van der Waals surface area contributed by atoms with Gasteiger partial charge < -0.3 is 0 Å². The maximum absolute atomic E-state index is 4.22. The van der Waals surface area contributed by atoms with E-state index in [0.29, 0.717) is 0 Å². The summed E-state index contributed by atoms with van der Waals surface area (Å²) in [5, 5.41) is 2.86. The van der Waals surface area contributed by atoms with Gasteiger partial charge in [-0.2, -0.15) is 0 Å². The van der Waals surface area contributed by atoms with Crippen LogP contribution < -0.4 is 0 Å². The SMILES string of the molecule is C=C1CCc2ccc(CCCC(CC)CCCCc3c(C)ccc4ccc(C)cc34)cc2C1. The van der Waals surface area contributed by atoms with Crippen LogP contribution >= 0.6 is 0 Å². The van der Waals surface area contributed by atoms with Crippen LogP contribution in [0.15, 0.2) is 60.7 Å². The molecule has 0 radical (unpaired) electrons. The van der Waals surface area contributed by atoms with Crippen molar-refractivity contribution >= 4 is 10.8 Å².